The molecule has 1 aliphatic carbocycles. The number of hydrogen-bond acceptors (Lipinski definition) is 2. The Morgan fingerprint density at radius 3 is 2.81 bits per heavy atom. The second kappa shape index (κ2) is 4.17. The summed E-state index contributed by atoms with van der Waals surface area (Å²) in [5.41, 5.74) is 1.93. The van der Waals surface area contributed by atoms with Gasteiger partial charge in [-0.15, -0.1) is 0 Å². The average Bonchev–Trinajstić information content (AvgIpc) is 3.02. The normalized spacial score (nSPS) is 28.4. The summed E-state index contributed by atoms with van der Waals surface area (Å²) in [6, 6.07) is 4.38. The van der Waals surface area contributed by atoms with Gasteiger partial charge in [-0.3, -0.25) is 4.98 Å². The van der Waals surface area contributed by atoms with Gasteiger partial charge in [0.15, 0.2) is 0 Å². The van der Waals surface area contributed by atoms with E-state index in [-0.39, 0.29) is 0 Å². The van der Waals surface area contributed by atoms with Gasteiger partial charge in [-0.2, -0.15) is 0 Å². The van der Waals surface area contributed by atoms with Crippen LogP contribution < -0.4 is 5.32 Å². The predicted octanol–water partition coefficient (Wildman–Crippen LogP) is 2.50. The standard InChI is InChI=1S/C14H20N2/c1-2-7-14(6-1,13-5-9-16-11-13)12-4-3-8-15-10-12/h3-4,8,10,13,16H,1-2,5-7,9,11H2. The van der Waals surface area contributed by atoms with E-state index in [0.717, 1.165) is 5.92 Å². The van der Waals surface area contributed by atoms with Crippen molar-refractivity contribution in [2.24, 2.45) is 5.92 Å². The maximum Gasteiger partial charge on any atom is 0.0305 e. The van der Waals surface area contributed by atoms with Crippen molar-refractivity contribution in [2.45, 2.75) is 37.5 Å². The van der Waals surface area contributed by atoms with E-state index in [4.69, 9.17) is 0 Å². The van der Waals surface area contributed by atoms with Crippen molar-refractivity contribution < 1.29 is 0 Å². The molecule has 2 nitrogen and oxygen atoms in total. The van der Waals surface area contributed by atoms with Crippen molar-refractivity contribution >= 4 is 0 Å². The highest BCUT2D eigenvalue weighted by Crippen LogP contribution is 2.48. The van der Waals surface area contributed by atoms with Crippen molar-refractivity contribution in [3.63, 3.8) is 0 Å². The fourth-order valence-corrected chi connectivity index (χ4v) is 3.72. The summed E-state index contributed by atoms with van der Waals surface area (Å²) in [5.74, 6) is 0.833. The molecule has 0 aromatic carbocycles. The van der Waals surface area contributed by atoms with Gasteiger partial charge in [0.1, 0.15) is 0 Å². The van der Waals surface area contributed by atoms with Gasteiger partial charge in [0.2, 0.25) is 0 Å². The summed E-state index contributed by atoms with van der Waals surface area (Å²) in [6.07, 6.45) is 10.9. The van der Waals surface area contributed by atoms with Crippen LogP contribution in [0, 0.1) is 5.92 Å². The van der Waals surface area contributed by atoms with Gasteiger partial charge in [-0.05, 0) is 49.9 Å². The molecule has 1 saturated heterocycles. The van der Waals surface area contributed by atoms with Gasteiger partial charge in [0.05, 0.1) is 0 Å². The predicted molar refractivity (Wildman–Crippen MR) is 65.4 cm³/mol. The van der Waals surface area contributed by atoms with Gasteiger partial charge in [0, 0.05) is 17.8 Å². The first-order valence-electron chi connectivity index (χ1n) is 6.53. The fraction of sp³-hybridized carbons (Fsp3) is 0.643. The summed E-state index contributed by atoms with van der Waals surface area (Å²) in [5, 5.41) is 3.52. The number of rotatable bonds is 2. The van der Waals surface area contributed by atoms with Crippen LogP contribution >= 0.6 is 0 Å². The zero-order valence-electron chi connectivity index (χ0n) is 9.78. The van der Waals surface area contributed by atoms with Crippen LogP contribution in [0.3, 0.4) is 0 Å². The molecule has 0 amide bonds. The lowest BCUT2D eigenvalue weighted by atomic mass is 9.69. The zero-order valence-corrected chi connectivity index (χ0v) is 9.78. The molecule has 1 atom stereocenters. The topological polar surface area (TPSA) is 24.9 Å². The van der Waals surface area contributed by atoms with Gasteiger partial charge in [-0.1, -0.05) is 18.9 Å². The third-order valence-corrected chi connectivity index (χ3v) is 4.57. The Bertz CT molecular complexity index is 335. The minimum absolute atomic E-state index is 0.442. The summed E-state index contributed by atoms with van der Waals surface area (Å²) in [7, 11) is 0. The summed E-state index contributed by atoms with van der Waals surface area (Å²) in [4.78, 5) is 4.33. The molecule has 2 heterocycles. The van der Waals surface area contributed by atoms with Crippen molar-refractivity contribution in [1.82, 2.24) is 10.3 Å². The number of pyridine rings is 1. The molecule has 2 heteroatoms. The van der Waals surface area contributed by atoms with Crippen molar-refractivity contribution in [1.29, 1.82) is 0 Å². The van der Waals surface area contributed by atoms with E-state index in [2.05, 4.69) is 28.6 Å². The smallest absolute Gasteiger partial charge is 0.0305 e. The van der Waals surface area contributed by atoms with Gasteiger partial charge in [0.25, 0.3) is 0 Å². The second-order valence-electron chi connectivity index (χ2n) is 5.29. The van der Waals surface area contributed by atoms with E-state index in [9.17, 15) is 0 Å². The van der Waals surface area contributed by atoms with E-state index in [1.54, 1.807) is 0 Å². The second-order valence-corrected chi connectivity index (χ2v) is 5.29. The first-order chi connectivity index (χ1) is 7.92. The molecule has 2 fully saturated rings. The van der Waals surface area contributed by atoms with Crippen LogP contribution in [0.1, 0.15) is 37.7 Å². The van der Waals surface area contributed by atoms with Crippen LogP contribution in [0.2, 0.25) is 0 Å². The summed E-state index contributed by atoms with van der Waals surface area (Å²) < 4.78 is 0. The molecule has 0 bridgehead atoms. The van der Waals surface area contributed by atoms with E-state index in [1.165, 1.54) is 50.8 Å². The lowest BCUT2D eigenvalue weighted by Crippen LogP contribution is -2.34. The Kier molecular flexibility index (Phi) is 2.68. The van der Waals surface area contributed by atoms with E-state index in [1.807, 2.05) is 6.20 Å². The van der Waals surface area contributed by atoms with E-state index >= 15 is 0 Å². The van der Waals surface area contributed by atoms with Crippen LogP contribution in [0.5, 0.6) is 0 Å². The highest BCUT2D eigenvalue weighted by molar-refractivity contribution is 5.25. The van der Waals surface area contributed by atoms with Crippen LogP contribution in [-0.2, 0) is 5.41 Å². The SMILES string of the molecule is c1cncc(C2(C3CCNC3)CCCC2)c1. The minimum atomic E-state index is 0.442. The molecule has 3 rings (SSSR count). The first-order valence-corrected chi connectivity index (χ1v) is 6.53. The van der Waals surface area contributed by atoms with Crippen LogP contribution in [0.15, 0.2) is 24.5 Å². The number of nitrogens with zero attached hydrogens (tertiary/aromatic N) is 1. The molecule has 2 aliphatic rings. The van der Waals surface area contributed by atoms with Gasteiger partial charge < -0.3 is 5.32 Å². The minimum Gasteiger partial charge on any atom is -0.316 e. The third-order valence-electron chi connectivity index (χ3n) is 4.57. The molecule has 1 aliphatic heterocycles. The van der Waals surface area contributed by atoms with Gasteiger partial charge in [-0.25, -0.2) is 0 Å². The molecular formula is C14H20N2. The lowest BCUT2D eigenvalue weighted by Gasteiger charge is -2.35. The van der Waals surface area contributed by atoms with Gasteiger partial charge >= 0.3 is 0 Å². The highest BCUT2D eigenvalue weighted by Gasteiger charge is 2.43. The van der Waals surface area contributed by atoms with Crippen molar-refractivity contribution in [3.8, 4) is 0 Å². The quantitative estimate of drug-likeness (QED) is 0.821. The van der Waals surface area contributed by atoms with Crippen LogP contribution in [0.25, 0.3) is 0 Å². The summed E-state index contributed by atoms with van der Waals surface area (Å²) >= 11 is 0. The molecule has 16 heavy (non-hydrogen) atoms. The first kappa shape index (κ1) is 10.3. The number of aromatic nitrogens is 1. The highest BCUT2D eigenvalue weighted by atomic mass is 14.9. The molecule has 1 N–H and O–H groups in total. The molecule has 86 valence electrons. The fourth-order valence-electron chi connectivity index (χ4n) is 3.72. The maximum absolute atomic E-state index is 4.33. The Hall–Kier alpha value is -0.890. The molecule has 0 spiro atoms. The number of nitrogens with one attached hydrogen (secondary N) is 1. The molecule has 1 saturated carbocycles. The average molecular weight is 216 g/mol. The molecular weight excluding hydrogens is 196 g/mol. The van der Waals surface area contributed by atoms with Crippen LogP contribution in [-0.4, -0.2) is 18.1 Å². The van der Waals surface area contributed by atoms with Crippen molar-refractivity contribution in [3.05, 3.63) is 30.1 Å². The Balaban J connectivity index is 1.96. The van der Waals surface area contributed by atoms with E-state index in [0.29, 0.717) is 5.41 Å². The third kappa shape index (κ3) is 1.56. The largest absolute Gasteiger partial charge is 0.316 e. The van der Waals surface area contributed by atoms with Crippen LogP contribution in [0.4, 0.5) is 0 Å². The van der Waals surface area contributed by atoms with E-state index < -0.39 is 0 Å². The van der Waals surface area contributed by atoms with Crippen molar-refractivity contribution in [2.75, 3.05) is 13.1 Å². The Labute approximate surface area is 97.5 Å². The molecule has 0 radical (unpaired) electrons. The lowest BCUT2D eigenvalue weighted by molar-refractivity contribution is 0.291. The molecule has 1 aromatic heterocycles. The maximum atomic E-state index is 4.33. The Morgan fingerprint density at radius 2 is 2.19 bits per heavy atom. The number of hydrogen-bond donors (Lipinski definition) is 1. The molecule has 1 aromatic rings. The zero-order chi connectivity index (χ0) is 10.8. The monoisotopic (exact) mass is 216 g/mol. The molecule has 1 unspecified atom stereocenters. The Morgan fingerprint density at radius 1 is 1.31 bits per heavy atom. The summed E-state index contributed by atoms with van der Waals surface area (Å²) in [6.45, 7) is 2.40.